The second-order valence-corrected chi connectivity index (χ2v) is 11.7. The van der Waals surface area contributed by atoms with Gasteiger partial charge in [-0.15, -0.1) is 0 Å². The molecule has 0 bridgehead atoms. The van der Waals surface area contributed by atoms with Gasteiger partial charge in [0.25, 0.3) is 0 Å². The molecule has 1 saturated heterocycles. The Bertz CT molecular complexity index is 561. The van der Waals surface area contributed by atoms with Crippen molar-refractivity contribution in [2.75, 3.05) is 13.2 Å². The molecule has 4 heteroatoms. The van der Waals surface area contributed by atoms with Gasteiger partial charge in [-0.25, -0.2) is 0 Å². The van der Waals surface area contributed by atoms with Crippen LogP contribution in [0.1, 0.15) is 19.3 Å². The summed E-state index contributed by atoms with van der Waals surface area (Å²) in [6, 6.07) is 0. The summed E-state index contributed by atoms with van der Waals surface area (Å²) in [4.78, 5) is 0. The van der Waals surface area contributed by atoms with Gasteiger partial charge in [0.05, 0.1) is 13.2 Å². The van der Waals surface area contributed by atoms with Gasteiger partial charge < -0.3 is 13.9 Å². The molecule has 2 aliphatic carbocycles. The van der Waals surface area contributed by atoms with E-state index in [1.165, 1.54) is 0 Å². The number of ether oxygens (including phenoxy) is 2. The predicted octanol–water partition coefficient (Wildman–Crippen LogP) is 2.94. The van der Waals surface area contributed by atoms with Crippen LogP contribution in [0, 0.1) is 35.5 Å². The fourth-order valence-corrected chi connectivity index (χ4v) is 4.53. The minimum atomic E-state index is -1.67. The van der Waals surface area contributed by atoms with E-state index in [9.17, 15) is 0 Å². The van der Waals surface area contributed by atoms with Gasteiger partial charge >= 0.3 is 0 Å². The van der Waals surface area contributed by atoms with Crippen LogP contribution >= 0.6 is 0 Å². The molecule has 0 aromatic rings. The van der Waals surface area contributed by atoms with E-state index in [-0.39, 0.29) is 6.10 Å². The molecule has 1 heterocycles. The smallest absolute Gasteiger partial charge is 0.185 e. The molecular weight excluding hydrogens is 292 g/mol. The quantitative estimate of drug-likeness (QED) is 0.579. The first-order chi connectivity index (χ1) is 10.5. The second-order valence-electron chi connectivity index (χ2n) is 7.24. The molecule has 0 radical (unpaired) electrons. The molecule has 3 nitrogen and oxygen atoms in total. The van der Waals surface area contributed by atoms with Gasteiger partial charge in [0.1, 0.15) is 6.10 Å². The monoisotopic (exact) mass is 316 g/mol. The first-order valence-corrected chi connectivity index (χ1v) is 11.5. The lowest BCUT2D eigenvalue weighted by Gasteiger charge is -2.30. The number of allylic oxidation sites excluding steroid dienone is 2. The van der Waals surface area contributed by atoms with Crippen LogP contribution in [0.5, 0.6) is 0 Å². The Labute approximate surface area is 134 Å². The molecular formula is C18H24O3Si. The highest BCUT2D eigenvalue weighted by Crippen LogP contribution is 2.48. The highest BCUT2D eigenvalue weighted by molar-refractivity contribution is 6.69. The minimum Gasteiger partial charge on any atom is -0.404 e. The molecule has 118 valence electrons. The SMILES string of the molecule is C[Si](C)(C)OC1C#C/C=C\C#CC[C@H]2CC3(C[C@H]12)OCCO3. The summed E-state index contributed by atoms with van der Waals surface area (Å²) in [5.41, 5.74) is 0. The number of hydrogen-bond acceptors (Lipinski definition) is 3. The maximum Gasteiger partial charge on any atom is 0.185 e. The highest BCUT2D eigenvalue weighted by Gasteiger charge is 2.51. The standard InChI is InChI=1S/C18H24O3Si/c1-22(2,3)21-17-10-8-6-4-5-7-9-15-13-18(14-16(15)17)19-11-12-20-18/h4,6,15-17H,9,11-14H2,1-3H3/b6-4-/t15-,16-,17?/m0/s1. The molecule has 22 heavy (non-hydrogen) atoms. The Morgan fingerprint density at radius 1 is 1.09 bits per heavy atom. The van der Waals surface area contributed by atoms with Crippen molar-refractivity contribution in [1.29, 1.82) is 0 Å². The zero-order valence-corrected chi connectivity index (χ0v) is 14.6. The Morgan fingerprint density at radius 2 is 1.82 bits per heavy atom. The highest BCUT2D eigenvalue weighted by atomic mass is 28.4. The van der Waals surface area contributed by atoms with Crippen molar-refractivity contribution in [3.63, 3.8) is 0 Å². The van der Waals surface area contributed by atoms with E-state index in [4.69, 9.17) is 13.9 Å². The zero-order valence-electron chi connectivity index (χ0n) is 13.6. The fourth-order valence-electron chi connectivity index (χ4n) is 3.54. The Kier molecular flexibility index (Phi) is 4.48. The van der Waals surface area contributed by atoms with Crippen LogP contribution in [0.3, 0.4) is 0 Å². The van der Waals surface area contributed by atoms with Crippen LogP contribution in [0.15, 0.2) is 12.2 Å². The van der Waals surface area contributed by atoms with Crippen LogP contribution in [0.2, 0.25) is 19.6 Å². The zero-order chi connectivity index (χ0) is 15.6. The van der Waals surface area contributed by atoms with E-state index in [1.54, 1.807) is 0 Å². The van der Waals surface area contributed by atoms with Crippen molar-refractivity contribution < 1.29 is 13.9 Å². The van der Waals surface area contributed by atoms with Gasteiger partial charge in [0, 0.05) is 25.2 Å². The first-order valence-electron chi connectivity index (χ1n) is 8.08. The molecule has 0 aromatic carbocycles. The summed E-state index contributed by atoms with van der Waals surface area (Å²) in [6.45, 7) is 8.03. The topological polar surface area (TPSA) is 27.7 Å². The Balaban J connectivity index is 1.87. The summed E-state index contributed by atoms with van der Waals surface area (Å²) in [6.07, 6.45) is 6.23. The van der Waals surface area contributed by atoms with E-state index in [2.05, 4.69) is 43.3 Å². The van der Waals surface area contributed by atoms with Crippen molar-refractivity contribution in [2.24, 2.45) is 11.8 Å². The van der Waals surface area contributed by atoms with E-state index in [0.717, 1.165) is 19.3 Å². The van der Waals surface area contributed by atoms with Crippen molar-refractivity contribution in [2.45, 2.75) is 50.8 Å². The van der Waals surface area contributed by atoms with Crippen molar-refractivity contribution in [3.05, 3.63) is 12.2 Å². The van der Waals surface area contributed by atoms with E-state index < -0.39 is 14.1 Å². The number of rotatable bonds is 2. The molecule has 0 N–H and O–H groups in total. The predicted molar refractivity (Wildman–Crippen MR) is 88.4 cm³/mol. The summed E-state index contributed by atoms with van der Waals surface area (Å²) < 4.78 is 18.3. The van der Waals surface area contributed by atoms with Gasteiger partial charge in [-0.3, -0.25) is 0 Å². The summed E-state index contributed by atoms with van der Waals surface area (Å²) in [5, 5.41) is 0. The summed E-state index contributed by atoms with van der Waals surface area (Å²) in [5.74, 6) is 13.1. The molecule has 1 saturated carbocycles. The van der Waals surface area contributed by atoms with Crippen LogP contribution in [0.4, 0.5) is 0 Å². The third kappa shape index (κ3) is 3.64. The average molecular weight is 316 g/mol. The van der Waals surface area contributed by atoms with Crippen molar-refractivity contribution in [3.8, 4) is 23.7 Å². The molecule has 0 aromatic heterocycles. The third-order valence-electron chi connectivity index (χ3n) is 4.35. The molecule has 2 fully saturated rings. The Morgan fingerprint density at radius 3 is 2.55 bits per heavy atom. The van der Waals surface area contributed by atoms with Gasteiger partial charge in [-0.05, 0) is 37.7 Å². The summed E-state index contributed by atoms with van der Waals surface area (Å²) >= 11 is 0. The van der Waals surface area contributed by atoms with E-state index in [1.807, 2.05) is 12.2 Å². The molecule has 3 rings (SSSR count). The fraction of sp³-hybridized carbons (Fsp3) is 0.667. The lowest BCUT2D eigenvalue weighted by atomic mass is 9.88. The number of fused-ring (bicyclic) bond motifs is 1. The van der Waals surface area contributed by atoms with Crippen LogP contribution < -0.4 is 0 Å². The lowest BCUT2D eigenvalue weighted by molar-refractivity contribution is -0.155. The van der Waals surface area contributed by atoms with Crippen molar-refractivity contribution >= 4 is 8.32 Å². The number of hydrogen-bond donors (Lipinski definition) is 0. The molecule has 3 aliphatic rings. The minimum absolute atomic E-state index is 0.0478. The van der Waals surface area contributed by atoms with Crippen molar-refractivity contribution in [1.82, 2.24) is 0 Å². The second kappa shape index (κ2) is 6.22. The van der Waals surface area contributed by atoms with Crippen LogP contribution in [0.25, 0.3) is 0 Å². The molecule has 1 spiro atoms. The van der Waals surface area contributed by atoms with Gasteiger partial charge in [0.2, 0.25) is 0 Å². The lowest BCUT2D eigenvalue weighted by Crippen LogP contribution is -2.37. The molecule has 1 aliphatic heterocycles. The average Bonchev–Trinajstić information content (AvgIpc) is 3.03. The molecule has 0 amide bonds. The van der Waals surface area contributed by atoms with E-state index >= 15 is 0 Å². The summed E-state index contributed by atoms with van der Waals surface area (Å²) in [7, 11) is -1.67. The van der Waals surface area contributed by atoms with Crippen LogP contribution in [-0.4, -0.2) is 33.4 Å². The largest absolute Gasteiger partial charge is 0.404 e. The van der Waals surface area contributed by atoms with Gasteiger partial charge in [-0.1, -0.05) is 23.7 Å². The normalized spacial score (nSPS) is 34.2. The Hall–Kier alpha value is -1.04. The van der Waals surface area contributed by atoms with Gasteiger partial charge in [0.15, 0.2) is 14.1 Å². The first kappa shape index (κ1) is 15.8. The maximum absolute atomic E-state index is 6.40. The van der Waals surface area contributed by atoms with Gasteiger partial charge in [-0.2, -0.15) is 0 Å². The maximum atomic E-state index is 6.40. The third-order valence-corrected chi connectivity index (χ3v) is 5.31. The van der Waals surface area contributed by atoms with E-state index in [0.29, 0.717) is 25.0 Å². The van der Waals surface area contributed by atoms with Crippen LogP contribution in [-0.2, 0) is 13.9 Å². The molecule has 1 unspecified atom stereocenters. The molecule has 3 atom stereocenters.